The summed E-state index contributed by atoms with van der Waals surface area (Å²) >= 11 is 0. The molecular formula is C21H25N5. The van der Waals surface area contributed by atoms with E-state index in [0.717, 1.165) is 29.3 Å². The molecule has 0 aliphatic carbocycles. The molecule has 0 aliphatic heterocycles. The summed E-state index contributed by atoms with van der Waals surface area (Å²) in [5.74, 6) is 1.36. The number of aryl methyl sites for hydroxylation is 2. The lowest BCUT2D eigenvalue weighted by atomic mass is 10.1. The van der Waals surface area contributed by atoms with Crippen LogP contribution >= 0.6 is 0 Å². The number of hydrogen-bond acceptors (Lipinski definition) is 5. The Bertz CT molecular complexity index is 877. The summed E-state index contributed by atoms with van der Waals surface area (Å²) in [7, 11) is 0. The molecule has 134 valence electrons. The van der Waals surface area contributed by atoms with Crippen LogP contribution in [0.4, 0.5) is 17.5 Å². The molecule has 5 nitrogen and oxygen atoms in total. The van der Waals surface area contributed by atoms with E-state index in [4.69, 9.17) is 0 Å². The topological polar surface area (TPSA) is 62.7 Å². The Morgan fingerprint density at radius 1 is 1.00 bits per heavy atom. The third kappa shape index (κ3) is 4.36. The highest BCUT2D eigenvalue weighted by molar-refractivity contribution is 5.67. The molecule has 3 rings (SSSR count). The van der Waals surface area contributed by atoms with Crippen LogP contribution in [0, 0.1) is 13.8 Å². The van der Waals surface area contributed by atoms with E-state index < -0.39 is 0 Å². The predicted molar refractivity (Wildman–Crippen MR) is 108 cm³/mol. The van der Waals surface area contributed by atoms with Gasteiger partial charge < -0.3 is 10.6 Å². The molecule has 0 bridgehead atoms. The largest absolute Gasteiger partial charge is 0.352 e. The van der Waals surface area contributed by atoms with Crippen molar-refractivity contribution in [1.82, 2.24) is 15.0 Å². The molecular weight excluding hydrogens is 322 g/mol. The van der Waals surface area contributed by atoms with E-state index in [2.05, 4.69) is 71.5 Å². The van der Waals surface area contributed by atoms with Crippen LogP contribution in [0.15, 0.2) is 48.7 Å². The number of rotatable bonds is 6. The Morgan fingerprint density at radius 2 is 1.85 bits per heavy atom. The van der Waals surface area contributed by atoms with E-state index in [9.17, 15) is 0 Å². The second-order valence-corrected chi connectivity index (χ2v) is 6.57. The molecule has 5 heteroatoms. The highest BCUT2D eigenvalue weighted by Crippen LogP contribution is 2.25. The maximum Gasteiger partial charge on any atom is 0.225 e. The molecule has 26 heavy (non-hydrogen) atoms. The smallest absolute Gasteiger partial charge is 0.225 e. The van der Waals surface area contributed by atoms with Gasteiger partial charge in [-0.2, -0.15) is 4.98 Å². The first-order chi connectivity index (χ1) is 12.5. The molecule has 0 fully saturated rings. The van der Waals surface area contributed by atoms with Crippen molar-refractivity contribution in [3.63, 3.8) is 0 Å². The molecule has 1 aromatic carbocycles. The SMILES string of the molecule is CC[C@@H](C)Nc1nc(Nc2cc(C)ccc2C)cc(-c2ccccn2)n1. The minimum atomic E-state index is 0.294. The van der Waals surface area contributed by atoms with Crippen molar-refractivity contribution >= 4 is 17.5 Å². The van der Waals surface area contributed by atoms with Gasteiger partial charge in [0.15, 0.2) is 0 Å². The van der Waals surface area contributed by atoms with Crippen LogP contribution in [0.1, 0.15) is 31.4 Å². The molecule has 2 aromatic heterocycles. The number of anilines is 3. The van der Waals surface area contributed by atoms with Crippen LogP contribution in [0.3, 0.4) is 0 Å². The molecule has 1 atom stereocenters. The van der Waals surface area contributed by atoms with Gasteiger partial charge in [-0.15, -0.1) is 0 Å². The highest BCUT2D eigenvalue weighted by atomic mass is 15.2. The second kappa shape index (κ2) is 7.95. The van der Waals surface area contributed by atoms with Gasteiger partial charge in [0.1, 0.15) is 5.82 Å². The lowest BCUT2D eigenvalue weighted by Gasteiger charge is -2.15. The van der Waals surface area contributed by atoms with E-state index in [-0.39, 0.29) is 0 Å². The van der Waals surface area contributed by atoms with Crippen molar-refractivity contribution in [3.8, 4) is 11.4 Å². The van der Waals surface area contributed by atoms with Crippen LogP contribution in [0.5, 0.6) is 0 Å². The molecule has 0 saturated heterocycles. The number of nitrogens with zero attached hydrogens (tertiary/aromatic N) is 3. The number of pyridine rings is 1. The van der Waals surface area contributed by atoms with Crippen molar-refractivity contribution in [1.29, 1.82) is 0 Å². The third-order valence-corrected chi connectivity index (χ3v) is 4.30. The van der Waals surface area contributed by atoms with Crippen LogP contribution in [-0.4, -0.2) is 21.0 Å². The first-order valence-corrected chi connectivity index (χ1v) is 8.96. The summed E-state index contributed by atoms with van der Waals surface area (Å²) in [6, 6.07) is 14.4. The van der Waals surface area contributed by atoms with Crippen LogP contribution < -0.4 is 10.6 Å². The van der Waals surface area contributed by atoms with E-state index in [1.807, 2.05) is 24.3 Å². The van der Waals surface area contributed by atoms with Gasteiger partial charge in [0.25, 0.3) is 0 Å². The predicted octanol–water partition coefficient (Wildman–Crippen LogP) is 5.11. The lowest BCUT2D eigenvalue weighted by molar-refractivity contribution is 0.753. The Kier molecular flexibility index (Phi) is 5.46. The van der Waals surface area contributed by atoms with Gasteiger partial charge in [0.05, 0.1) is 11.4 Å². The molecule has 0 radical (unpaired) electrons. The monoisotopic (exact) mass is 347 g/mol. The van der Waals surface area contributed by atoms with Gasteiger partial charge in [-0.05, 0) is 56.5 Å². The van der Waals surface area contributed by atoms with Crippen molar-refractivity contribution in [3.05, 3.63) is 59.8 Å². The molecule has 0 aliphatic rings. The summed E-state index contributed by atoms with van der Waals surface area (Å²) in [6.07, 6.45) is 2.77. The molecule has 2 N–H and O–H groups in total. The van der Waals surface area contributed by atoms with Crippen molar-refractivity contribution in [2.24, 2.45) is 0 Å². The Balaban J connectivity index is 2.00. The van der Waals surface area contributed by atoms with Crippen molar-refractivity contribution in [2.75, 3.05) is 10.6 Å². The second-order valence-electron chi connectivity index (χ2n) is 6.57. The summed E-state index contributed by atoms with van der Waals surface area (Å²) in [6.45, 7) is 8.42. The zero-order valence-corrected chi connectivity index (χ0v) is 15.7. The highest BCUT2D eigenvalue weighted by Gasteiger charge is 2.10. The van der Waals surface area contributed by atoms with Gasteiger partial charge in [-0.25, -0.2) is 4.98 Å². The fraction of sp³-hybridized carbons (Fsp3) is 0.286. The minimum Gasteiger partial charge on any atom is -0.352 e. The van der Waals surface area contributed by atoms with Crippen molar-refractivity contribution < 1.29 is 0 Å². The van der Waals surface area contributed by atoms with Crippen LogP contribution in [0.25, 0.3) is 11.4 Å². The maximum atomic E-state index is 4.65. The van der Waals surface area contributed by atoms with E-state index >= 15 is 0 Å². The molecule has 0 amide bonds. The minimum absolute atomic E-state index is 0.294. The van der Waals surface area contributed by atoms with Gasteiger partial charge in [0.2, 0.25) is 5.95 Å². The van der Waals surface area contributed by atoms with Crippen LogP contribution in [-0.2, 0) is 0 Å². The van der Waals surface area contributed by atoms with E-state index in [1.54, 1.807) is 6.20 Å². The molecule has 0 spiro atoms. The molecule has 0 unspecified atom stereocenters. The Hall–Kier alpha value is -2.95. The fourth-order valence-electron chi connectivity index (χ4n) is 2.55. The summed E-state index contributed by atoms with van der Waals surface area (Å²) in [4.78, 5) is 13.7. The number of hydrogen-bond donors (Lipinski definition) is 2. The van der Waals surface area contributed by atoms with E-state index in [0.29, 0.717) is 12.0 Å². The number of benzene rings is 1. The van der Waals surface area contributed by atoms with Gasteiger partial charge in [-0.1, -0.05) is 25.1 Å². The summed E-state index contributed by atoms with van der Waals surface area (Å²) in [5, 5.41) is 6.80. The average Bonchev–Trinajstić information content (AvgIpc) is 2.65. The normalized spacial score (nSPS) is 11.8. The van der Waals surface area contributed by atoms with Gasteiger partial charge >= 0.3 is 0 Å². The standard InChI is InChI=1S/C21H25N5/c1-5-16(4)23-21-25-19(17-8-6-7-11-22-17)13-20(26-21)24-18-12-14(2)9-10-15(18)3/h6-13,16H,5H2,1-4H3,(H2,23,24,25,26)/t16-/m1/s1. The first-order valence-electron chi connectivity index (χ1n) is 8.96. The fourth-order valence-corrected chi connectivity index (χ4v) is 2.55. The molecule has 2 heterocycles. The maximum absolute atomic E-state index is 4.65. The summed E-state index contributed by atoms with van der Waals surface area (Å²) in [5.41, 5.74) is 5.04. The molecule has 3 aromatic rings. The lowest BCUT2D eigenvalue weighted by Crippen LogP contribution is -2.16. The Morgan fingerprint density at radius 3 is 2.58 bits per heavy atom. The Labute approximate surface area is 154 Å². The first kappa shape index (κ1) is 17.9. The zero-order valence-electron chi connectivity index (χ0n) is 15.7. The van der Waals surface area contributed by atoms with Gasteiger partial charge in [0, 0.05) is 24.0 Å². The van der Waals surface area contributed by atoms with Crippen molar-refractivity contribution in [2.45, 2.75) is 40.2 Å². The van der Waals surface area contributed by atoms with Gasteiger partial charge in [-0.3, -0.25) is 4.98 Å². The van der Waals surface area contributed by atoms with E-state index in [1.165, 1.54) is 11.1 Å². The molecule has 0 saturated carbocycles. The average molecular weight is 347 g/mol. The zero-order chi connectivity index (χ0) is 18.5. The third-order valence-electron chi connectivity index (χ3n) is 4.30. The summed E-state index contributed by atoms with van der Waals surface area (Å²) < 4.78 is 0. The number of nitrogens with one attached hydrogen (secondary N) is 2. The van der Waals surface area contributed by atoms with Crippen LogP contribution in [0.2, 0.25) is 0 Å². The quantitative estimate of drug-likeness (QED) is 0.649. The number of aromatic nitrogens is 3.